The molecule has 0 bridgehead atoms. The normalized spacial score (nSPS) is 35.9. The average molecular weight is 392 g/mol. The minimum Gasteiger partial charge on any atom is -0.472 e. The summed E-state index contributed by atoms with van der Waals surface area (Å²) in [5, 5.41) is 10.3. The van der Waals surface area contributed by atoms with Crippen LogP contribution in [0.15, 0.2) is 23.0 Å². The summed E-state index contributed by atoms with van der Waals surface area (Å²) in [4.78, 5) is 2.35. The number of aliphatic hydroxyl groups excluding tert-OH is 1. The molecule has 1 aromatic heterocycles. The highest BCUT2D eigenvalue weighted by Gasteiger charge is 2.38. The second kappa shape index (κ2) is 9.77. The molecule has 158 valence electrons. The molecule has 4 rings (SSSR count). The van der Waals surface area contributed by atoms with Crippen molar-refractivity contribution in [2.45, 2.75) is 89.2 Å². The van der Waals surface area contributed by atoms with Crippen LogP contribution in [0.2, 0.25) is 0 Å². The van der Waals surface area contributed by atoms with Crippen molar-refractivity contribution in [1.82, 2.24) is 4.90 Å². The number of furan rings is 1. The second-order valence-corrected chi connectivity index (χ2v) is 9.57. The molecule has 3 atom stereocenters. The molecule has 1 aromatic rings. The van der Waals surface area contributed by atoms with Crippen LogP contribution >= 0.6 is 0 Å². The van der Waals surface area contributed by atoms with Crippen LogP contribution in [0.25, 0.3) is 0 Å². The molecule has 3 fully saturated rings. The predicted octanol–water partition coefficient (Wildman–Crippen LogP) is 4.80. The number of aryl methyl sites for hydroxylation is 1. The number of nitrogens with zero attached hydrogens (tertiary/aromatic N) is 1. The first-order chi connectivity index (χ1) is 14.1. The van der Waals surface area contributed by atoms with E-state index in [1.807, 2.05) is 6.26 Å². The summed E-state index contributed by atoms with van der Waals surface area (Å²) in [5.74, 6) is 0.688. The van der Waals surface area contributed by atoms with Crippen molar-refractivity contribution in [3.05, 3.63) is 24.2 Å². The van der Waals surface area contributed by atoms with Gasteiger partial charge in [0.1, 0.15) is 0 Å². The molecule has 2 aliphatic carbocycles. The van der Waals surface area contributed by atoms with E-state index < -0.39 is 0 Å². The Labute approximate surface area is 172 Å². The zero-order chi connectivity index (χ0) is 20.1. The summed E-state index contributed by atoms with van der Waals surface area (Å²) in [6, 6.07) is 2.06. The maximum Gasteiger partial charge on any atom is 0.0934 e. The van der Waals surface area contributed by atoms with Gasteiger partial charge in [-0.1, -0.05) is 0 Å². The molecule has 0 aromatic carbocycles. The Morgan fingerprint density at radius 2 is 2.00 bits per heavy atom. The van der Waals surface area contributed by atoms with Gasteiger partial charge in [0.15, 0.2) is 0 Å². The molecule has 1 saturated heterocycles. The fraction of sp³-hybridized carbons (Fsp3) is 0.833. The zero-order valence-corrected chi connectivity index (χ0v) is 17.4. The molecule has 1 spiro atoms. The lowest BCUT2D eigenvalue weighted by molar-refractivity contribution is -0.0544. The Kier molecular flexibility index (Phi) is 6.68. The summed E-state index contributed by atoms with van der Waals surface area (Å²) in [6.07, 6.45) is 16.3. The largest absolute Gasteiger partial charge is 0.472 e. The first-order valence-corrected chi connectivity index (χ1v) is 11.6. The number of β-amino-alcohol motifs (C(OH)–C–C–N with tert-alkyl or cyclic N) is 1. The van der Waals surface area contributed by atoms with Gasteiger partial charge >= 0.3 is 0 Å². The number of aliphatic hydroxyl groups is 1. The first-order valence-electron chi connectivity index (χ1n) is 12.2. The molecule has 4 nitrogen and oxygen atoms in total. The van der Waals surface area contributed by atoms with Gasteiger partial charge in [-0.15, -0.1) is 0 Å². The van der Waals surface area contributed by atoms with Crippen LogP contribution in [-0.2, 0) is 11.2 Å². The Morgan fingerprint density at radius 3 is 2.71 bits per heavy atom. The molecular weight excluding hydrogens is 350 g/mol. The van der Waals surface area contributed by atoms with Crippen LogP contribution in [0, 0.1) is 11.3 Å². The van der Waals surface area contributed by atoms with E-state index in [0.29, 0.717) is 12.5 Å². The highest BCUT2D eigenvalue weighted by molar-refractivity contribution is 5.05. The molecule has 3 unspecified atom stereocenters. The Morgan fingerprint density at radius 1 is 1.21 bits per heavy atom. The van der Waals surface area contributed by atoms with Gasteiger partial charge in [-0.2, -0.15) is 0 Å². The minimum atomic E-state index is -0.362. The maximum absolute atomic E-state index is 10.3. The number of likely N-dealkylation sites (tertiary alicyclic amines) is 1. The highest BCUT2D eigenvalue weighted by Crippen LogP contribution is 2.50. The number of rotatable bonds is 8. The molecule has 2 saturated carbocycles. The molecule has 0 radical (unpaired) electrons. The lowest BCUT2D eigenvalue weighted by atomic mass is 9.62. The molecule has 4 heteroatoms. The van der Waals surface area contributed by atoms with E-state index in [9.17, 15) is 5.11 Å². The topological polar surface area (TPSA) is 45.8 Å². The number of hydrogen-bond acceptors (Lipinski definition) is 4. The fourth-order valence-corrected chi connectivity index (χ4v) is 5.55. The predicted molar refractivity (Wildman–Crippen MR) is 111 cm³/mol. The Bertz CT molecular complexity index is 593. The van der Waals surface area contributed by atoms with Gasteiger partial charge in [-0.3, -0.25) is 0 Å². The van der Waals surface area contributed by atoms with Crippen molar-refractivity contribution in [3.63, 3.8) is 0 Å². The SMILES string of the molecule is [3H]C1CC(CCc2ccoc2)CCC12CCC(OCC(O)CN1CCCC1)CC2. The van der Waals surface area contributed by atoms with Crippen LogP contribution < -0.4 is 0 Å². The second-order valence-electron chi connectivity index (χ2n) is 9.57. The minimum absolute atomic E-state index is 0.0762. The van der Waals surface area contributed by atoms with E-state index in [1.54, 1.807) is 6.26 Å². The van der Waals surface area contributed by atoms with Crippen LogP contribution in [-0.4, -0.2) is 48.5 Å². The van der Waals surface area contributed by atoms with Crippen molar-refractivity contribution in [1.29, 1.82) is 0 Å². The molecular formula is C24H39NO3. The van der Waals surface area contributed by atoms with Crippen molar-refractivity contribution in [2.24, 2.45) is 11.3 Å². The third-order valence-electron chi connectivity index (χ3n) is 7.48. The van der Waals surface area contributed by atoms with Crippen molar-refractivity contribution >= 4 is 0 Å². The van der Waals surface area contributed by atoms with E-state index in [2.05, 4.69) is 11.0 Å². The van der Waals surface area contributed by atoms with Gasteiger partial charge in [-0.25, -0.2) is 0 Å². The summed E-state index contributed by atoms with van der Waals surface area (Å²) < 4.78 is 20.1. The van der Waals surface area contributed by atoms with Crippen molar-refractivity contribution in [3.8, 4) is 0 Å². The molecule has 0 amide bonds. The first kappa shape index (κ1) is 19.1. The van der Waals surface area contributed by atoms with Crippen molar-refractivity contribution in [2.75, 3.05) is 26.2 Å². The van der Waals surface area contributed by atoms with Gasteiger partial charge in [0.2, 0.25) is 0 Å². The third-order valence-corrected chi connectivity index (χ3v) is 7.48. The molecule has 1 aliphatic heterocycles. The summed E-state index contributed by atoms with van der Waals surface area (Å²) >= 11 is 0. The lowest BCUT2D eigenvalue weighted by Crippen LogP contribution is -2.37. The molecule has 3 aliphatic rings. The number of hydrogen-bond donors (Lipinski definition) is 1. The van der Waals surface area contributed by atoms with E-state index in [4.69, 9.17) is 10.5 Å². The van der Waals surface area contributed by atoms with E-state index in [0.717, 1.165) is 58.2 Å². The summed E-state index contributed by atoms with van der Waals surface area (Å²) in [7, 11) is 0. The standard InChI is InChI=1S/C24H39NO3/c26-22(17-25-14-1-2-15-25)19-28-23-7-12-24(13-8-23)10-5-20(6-11-24)3-4-21-9-16-27-18-21/h9,16,18,20,22-23,26H,1-8,10-15,17,19H2/i10T. The highest BCUT2D eigenvalue weighted by atomic mass is 16.5. The Hall–Kier alpha value is -0.840. The van der Waals surface area contributed by atoms with Crippen LogP contribution in [0.5, 0.6) is 0 Å². The van der Waals surface area contributed by atoms with E-state index in [-0.39, 0.29) is 24.0 Å². The van der Waals surface area contributed by atoms with Crippen LogP contribution in [0.4, 0.5) is 0 Å². The average Bonchev–Trinajstić information content (AvgIpc) is 3.43. The lowest BCUT2D eigenvalue weighted by Gasteiger charge is -2.45. The summed E-state index contributed by atoms with van der Waals surface area (Å²) in [6.45, 7) is 3.47. The Balaban J connectivity index is 1.15. The molecule has 1 N–H and O–H groups in total. The molecule has 2 heterocycles. The van der Waals surface area contributed by atoms with Gasteiger partial charge in [-0.05, 0) is 113 Å². The monoisotopic (exact) mass is 391 g/mol. The van der Waals surface area contributed by atoms with Crippen molar-refractivity contribution < 1.29 is 15.6 Å². The quantitative estimate of drug-likeness (QED) is 0.691. The van der Waals surface area contributed by atoms with E-state index in [1.165, 1.54) is 37.7 Å². The fourth-order valence-electron chi connectivity index (χ4n) is 5.55. The van der Waals surface area contributed by atoms with Crippen LogP contribution in [0.3, 0.4) is 0 Å². The van der Waals surface area contributed by atoms with Gasteiger partial charge in [0.05, 0.1) is 31.3 Å². The summed E-state index contributed by atoms with van der Waals surface area (Å²) in [5.41, 5.74) is 1.51. The smallest absolute Gasteiger partial charge is 0.0934 e. The number of ether oxygens (including phenoxy) is 1. The van der Waals surface area contributed by atoms with Gasteiger partial charge in [0.25, 0.3) is 0 Å². The van der Waals surface area contributed by atoms with Crippen LogP contribution in [0.1, 0.15) is 77.5 Å². The maximum atomic E-state index is 10.3. The molecule has 28 heavy (non-hydrogen) atoms. The van der Waals surface area contributed by atoms with E-state index >= 15 is 0 Å². The third kappa shape index (κ3) is 5.61. The van der Waals surface area contributed by atoms with Gasteiger partial charge < -0.3 is 19.2 Å². The van der Waals surface area contributed by atoms with Gasteiger partial charge in [0, 0.05) is 7.92 Å². The zero-order valence-electron chi connectivity index (χ0n) is 18.4.